The van der Waals surface area contributed by atoms with E-state index in [9.17, 15) is 5.11 Å². The summed E-state index contributed by atoms with van der Waals surface area (Å²) in [5.41, 5.74) is 0.496. The summed E-state index contributed by atoms with van der Waals surface area (Å²) in [6.07, 6.45) is 5.76. The van der Waals surface area contributed by atoms with Crippen molar-refractivity contribution in [1.82, 2.24) is 0 Å². The average molecular weight is 452 g/mol. The third-order valence-corrected chi connectivity index (χ3v) is 6.22. The molecule has 0 radical (unpaired) electrons. The summed E-state index contributed by atoms with van der Waals surface area (Å²) >= 11 is 0. The molecule has 0 amide bonds. The molecule has 6 heteroatoms. The van der Waals surface area contributed by atoms with Crippen LogP contribution in [0.15, 0.2) is 71.7 Å². The van der Waals surface area contributed by atoms with E-state index in [1.807, 2.05) is 54.6 Å². The van der Waals surface area contributed by atoms with Crippen molar-refractivity contribution in [2.45, 2.75) is 56.6 Å². The Hall–Kier alpha value is -2.67. The normalized spacial score (nSPS) is 22.9. The Morgan fingerprint density at radius 3 is 2.39 bits per heavy atom. The topological polar surface area (TPSA) is 69.5 Å². The second-order valence-corrected chi connectivity index (χ2v) is 8.51. The lowest BCUT2D eigenvalue weighted by Gasteiger charge is -2.35. The summed E-state index contributed by atoms with van der Waals surface area (Å²) in [5, 5.41) is 10.5. The predicted octanol–water partition coefficient (Wildman–Crippen LogP) is 4.53. The van der Waals surface area contributed by atoms with Gasteiger partial charge >= 0.3 is 0 Å². The minimum atomic E-state index is -0.713. The number of aliphatic imine (C=N–C) groups is 1. The van der Waals surface area contributed by atoms with E-state index in [-0.39, 0.29) is 12.2 Å². The first-order chi connectivity index (χ1) is 16.1. The molecule has 2 aromatic carbocycles. The molecule has 1 fully saturated rings. The van der Waals surface area contributed by atoms with Crippen molar-refractivity contribution < 1.29 is 24.1 Å². The molecule has 0 saturated carbocycles. The van der Waals surface area contributed by atoms with Gasteiger partial charge in [0.25, 0.3) is 0 Å². The third-order valence-electron chi connectivity index (χ3n) is 6.22. The van der Waals surface area contributed by atoms with Gasteiger partial charge in [0, 0.05) is 18.6 Å². The van der Waals surface area contributed by atoms with Gasteiger partial charge < -0.3 is 24.1 Å². The zero-order valence-electron chi connectivity index (χ0n) is 19.3. The Kier molecular flexibility index (Phi) is 7.81. The van der Waals surface area contributed by atoms with Gasteiger partial charge in [0.1, 0.15) is 17.0 Å². The highest BCUT2D eigenvalue weighted by Gasteiger charge is 2.42. The van der Waals surface area contributed by atoms with Crippen LogP contribution in [0.1, 0.15) is 38.2 Å². The predicted molar refractivity (Wildman–Crippen MR) is 128 cm³/mol. The first-order valence-electron chi connectivity index (χ1n) is 11.7. The molecule has 176 valence electrons. The van der Waals surface area contributed by atoms with Crippen LogP contribution < -0.4 is 9.47 Å². The molecule has 4 unspecified atom stereocenters. The van der Waals surface area contributed by atoms with Crippen LogP contribution in [0.4, 0.5) is 0 Å². The Balaban J connectivity index is 1.39. The standard InChI is InChI=1S/C27H33NO5/c1-3-24(26-31-18-19-32-26)21-10-12-22(13-11-21)30-17-15-27(14-7-16-28-27)25(20(2)29)33-23-8-5-4-6-9-23/h4-14,16,20,24-26,29H,3,15,17-19H2,1-2H3. The van der Waals surface area contributed by atoms with Gasteiger partial charge in [0.15, 0.2) is 12.4 Å². The Morgan fingerprint density at radius 2 is 1.79 bits per heavy atom. The zero-order chi connectivity index (χ0) is 23.1. The van der Waals surface area contributed by atoms with E-state index in [1.54, 1.807) is 13.1 Å². The molecule has 6 nitrogen and oxygen atoms in total. The molecule has 0 aliphatic carbocycles. The number of para-hydroxylation sites is 1. The van der Waals surface area contributed by atoms with Crippen molar-refractivity contribution in [3.05, 3.63) is 72.3 Å². The highest BCUT2D eigenvalue weighted by Crippen LogP contribution is 2.33. The van der Waals surface area contributed by atoms with Crippen LogP contribution in [-0.4, -0.2) is 55.2 Å². The number of rotatable bonds is 11. The van der Waals surface area contributed by atoms with Gasteiger partial charge in [-0.15, -0.1) is 0 Å². The summed E-state index contributed by atoms with van der Waals surface area (Å²) < 4.78 is 23.6. The molecule has 2 heterocycles. The van der Waals surface area contributed by atoms with Crippen molar-refractivity contribution in [2.75, 3.05) is 19.8 Å². The number of benzene rings is 2. The van der Waals surface area contributed by atoms with E-state index >= 15 is 0 Å². The molecule has 33 heavy (non-hydrogen) atoms. The van der Waals surface area contributed by atoms with Gasteiger partial charge in [-0.05, 0) is 49.2 Å². The molecule has 1 saturated heterocycles. The maximum atomic E-state index is 10.5. The van der Waals surface area contributed by atoms with Gasteiger partial charge in [-0.3, -0.25) is 4.99 Å². The molecule has 0 spiro atoms. The number of hydrogen-bond donors (Lipinski definition) is 1. The van der Waals surface area contributed by atoms with Crippen LogP contribution in [-0.2, 0) is 9.47 Å². The number of nitrogens with zero attached hydrogens (tertiary/aromatic N) is 1. The van der Waals surface area contributed by atoms with Gasteiger partial charge in [0.05, 0.1) is 25.9 Å². The summed E-state index contributed by atoms with van der Waals surface area (Å²) in [6, 6.07) is 17.7. The summed E-state index contributed by atoms with van der Waals surface area (Å²) in [4.78, 5) is 4.68. The maximum Gasteiger partial charge on any atom is 0.164 e. The van der Waals surface area contributed by atoms with Gasteiger partial charge in [-0.2, -0.15) is 0 Å². The molecule has 0 aromatic heterocycles. The largest absolute Gasteiger partial charge is 0.493 e. The smallest absolute Gasteiger partial charge is 0.164 e. The van der Waals surface area contributed by atoms with Crippen molar-refractivity contribution in [3.63, 3.8) is 0 Å². The summed E-state index contributed by atoms with van der Waals surface area (Å²) in [6.45, 7) is 5.63. The number of aliphatic hydroxyl groups excluding tert-OH is 1. The minimum absolute atomic E-state index is 0.171. The molecule has 2 aliphatic rings. The molecule has 4 rings (SSSR count). The molecule has 0 bridgehead atoms. The fourth-order valence-corrected chi connectivity index (χ4v) is 4.49. The van der Waals surface area contributed by atoms with Crippen molar-refractivity contribution in [3.8, 4) is 11.5 Å². The Bertz CT molecular complexity index is 907. The van der Waals surface area contributed by atoms with E-state index in [0.717, 1.165) is 12.2 Å². The molecular formula is C27H33NO5. The Labute approximate surface area is 195 Å². The van der Waals surface area contributed by atoms with E-state index in [0.29, 0.717) is 32.0 Å². The Morgan fingerprint density at radius 1 is 1.06 bits per heavy atom. The molecule has 2 aliphatic heterocycles. The lowest BCUT2D eigenvalue weighted by atomic mass is 9.87. The lowest BCUT2D eigenvalue weighted by Crippen LogP contribution is -2.49. The van der Waals surface area contributed by atoms with E-state index in [1.165, 1.54) is 5.56 Å². The number of ether oxygens (including phenoxy) is 4. The van der Waals surface area contributed by atoms with Crippen LogP contribution in [0.3, 0.4) is 0 Å². The second-order valence-electron chi connectivity index (χ2n) is 8.51. The second kappa shape index (κ2) is 11.0. The fraction of sp³-hybridized carbons (Fsp3) is 0.444. The van der Waals surface area contributed by atoms with Crippen LogP contribution in [0.2, 0.25) is 0 Å². The first kappa shape index (κ1) is 23.5. The zero-order valence-corrected chi connectivity index (χ0v) is 19.3. The molecule has 4 atom stereocenters. The fourth-order valence-electron chi connectivity index (χ4n) is 4.49. The monoisotopic (exact) mass is 451 g/mol. The van der Waals surface area contributed by atoms with Gasteiger partial charge in [0.2, 0.25) is 0 Å². The van der Waals surface area contributed by atoms with Gasteiger partial charge in [-0.1, -0.05) is 43.3 Å². The number of hydrogen-bond acceptors (Lipinski definition) is 6. The SMILES string of the molecule is CCC(c1ccc(OCCC2(C(Oc3ccccc3)C(C)O)C=CC=N2)cc1)C1OCCO1. The van der Waals surface area contributed by atoms with E-state index < -0.39 is 17.7 Å². The average Bonchev–Trinajstić information content (AvgIpc) is 3.53. The van der Waals surface area contributed by atoms with Crippen LogP contribution in [0.5, 0.6) is 11.5 Å². The van der Waals surface area contributed by atoms with Gasteiger partial charge in [-0.25, -0.2) is 0 Å². The third kappa shape index (κ3) is 5.64. The first-order valence-corrected chi connectivity index (χ1v) is 11.7. The number of aliphatic hydroxyl groups is 1. The maximum absolute atomic E-state index is 10.5. The van der Waals surface area contributed by atoms with Crippen LogP contribution in [0.25, 0.3) is 0 Å². The highest BCUT2D eigenvalue weighted by molar-refractivity contribution is 5.75. The summed E-state index contributed by atoms with van der Waals surface area (Å²) in [5.74, 6) is 1.71. The van der Waals surface area contributed by atoms with E-state index in [2.05, 4.69) is 24.0 Å². The molecular weight excluding hydrogens is 418 g/mol. The van der Waals surface area contributed by atoms with E-state index in [4.69, 9.17) is 18.9 Å². The molecule has 2 aromatic rings. The summed E-state index contributed by atoms with van der Waals surface area (Å²) in [7, 11) is 0. The highest BCUT2D eigenvalue weighted by atomic mass is 16.7. The van der Waals surface area contributed by atoms with Crippen LogP contribution >= 0.6 is 0 Å². The van der Waals surface area contributed by atoms with Crippen LogP contribution in [0, 0.1) is 0 Å². The van der Waals surface area contributed by atoms with Crippen molar-refractivity contribution in [1.29, 1.82) is 0 Å². The number of allylic oxidation sites excluding steroid dienone is 1. The minimum Gasteiger partial charge on any atom is -0.493 e. The van der Waals surface area contributed by atoms with Crippen molar-refractivity contribution in [2.24, 2.45) is 4.99 Å². The molecule has 1 N–H and O–H groups in total. The lowest BCUT2D eigenvalue weighted by molar-refractivity contribution is -0.0617. The van der Waals surface area contributed by atoms with Crippen molar-refractivity contribution >= 4 is 6.21 Å². The quantitative estimate of drug-likeness (QED) is 0.544.